The van der Waals surface area contributed by atoms with E-state index in [-0.39, 0.29) is 0 Å². The highest BCUT2D eigenvalue weighted by atomic mass is 16.5. The fourth-order valence-electron chi connectivity index (χ4n) is 3.18. The molecule has 0 aromatic heterocycles. The van der Waals surface area contributed by atoms with E-state index in [0.29, 0.717) is 24.2 Å². The van der Waals surface area contributed by atoms with Gasteiger partial charge in [0.15, 0.2) is 0 Å². The van der Waals surface area contributed by atoms with Crippen LogP contribution < -0.4 is 0 Å². The van der Waals surface area contributed by atoms with E-state index in [2.05, 4.69) is 62.9 Å². The zero-order chi connectivity index (χ0) is 15.2. The maximum Gasteiger partial charge on any atom is 0.0731 e. The van der Waals surface area contributed by atoms with Gasteiger partial charge in [0.1, 0.15) is 0 Å². The van der Waals surface area contributed by atoms with Crippen LogP contribution in [0.3, 0.4) is 0 Å². The standard InChI is InChI=1S/C19H31NO/c1-5-19(21-16(4)15(2)3)18-12-9-13-20(18)14-17-10-7-6-8-11-17/h6-8,10-11,15-16,18-19H,5,9,12-14H2,1-4H3/t16-,18-,19?/m0/s1. The van der Waals surface area contributed by atoms with Crippen LogP contribution >= 0.6 is 0 Å². The first-order chi connectivity index (χ1) is 10.1. The highest BCUT2D eigenvalue weighted by molar-refractivity contribution is 5.15. The van der Waals surface area contributed by atoms with Crippen molar-refractivity contribution in [2.75, 3.05) is 6.54 Å². The molecule has 3 atom stereocenters. The van der Waals surface area contributed by atoms with Crippen LogP contribution in [0, 0.1) is 5.92 Å². The Morgan fingerprint density at radius 3 is 2.52 bits per heavy atom. The zero-order valence-electron chi connectivity index (χ0n) is 14.1. The summed E-state index contributed by atoms with van der Waals surface area (Å²) in [5.41, 5.74) is 1.41. The summed E-state index contributed by atoms with van der Waals surface area (Å²) in [6, 6.07) is 11.4. The lowest BCUT2D eigenvalue weighted by atomic mass is 10.0. The van der Waals surface area contributed by atoms with Crippen LogP contribution in [-0.2, 0) is 11.3 Å². The molecule has 1 aromatic rings. The molecule has 2 rings (SSSR count). The average Bonchev–Trinajstić information content (AvgIpc) is 2.93. The molecule has 21 heavy (non-hydrogen) atoms. The van der Waals surface area contributed by atoms with Crippen molar-refractivity contribution in [2.24, 2.45) is 5.92 Å². The van der Waals surface area contributed by atoms with Crippen LogP contribution in [0.25, 0.3) is 0 Å². The third kappa shape index (κ3) is 4.55. The van der Waals surface area contributed by atoms with E-state index >= 15 is 0 Å². The van der Waals surface area contributed by atoms with E-state index in [1.54, 1.807) is 0 Å². The van der Waals surface area contributed by atoms with Gasteiger partial charge >= 0.3 is 0 Å². The average molecular weight is 289 g/mol. The van der Waals surface area contributed by atoms with Crippen molar-refractivity contribution in [3.8, 4) is 0 Å². The first kappa shape index (κ1) is 16.5. The Kier molecular flexibility index (Phi) is 6.25. The Morgan fingerprint density at radius 2 is 1.90 bits per heavy atom. The summed E-state index contributed by atoms with van der Waals surface area (Å²) in [6.45, 7) is 11.2. The van der Waals surface area contributed by atoms with E-state index < -0.39 is 0 Å². The molecule has 1 fully saturated rings. The lowest BCUT2D eigenvalue weighted by molar-refractivity contribution is -0.0627. The largest absolute Gasteiger partial charge is 0.373 e. The topological polar surface area (TPSA) is 12.5 Å². The number of benzene rings is 1. The van der Waals surface area contributed by atoms with E-state index in [9.17, 15) is 0 Å². The predicted molar refractivity (Wildman–Crippen MR) is 89.3 cm³/mol. The highest BCUT2D eigenvalue weighted by Crippen LogP contribution is 2.27. The van der Waals surface area contributed by atoms with Crippen molar-refractivity contribution >= 4 is 0 Å². The van der Waals surface area contributed by atoms with Gasteiger partial charge in [0, 0.05) is 12.6 Å². The first-order valence-electron chi connectivity index (χ1n) is 8.55. The smallest absolute Gasteiger partial charge is 0.0731 e. The first-order valence-corrected chi connectivity index (χ1v) is 8.55. The minimum Gasteiger partial charge on any atom is -0.373 e. The Hall–Kier alpha value is -0.860. The molecule has 0 aliphatic carbocycles. The Balaban J connectivity index is 1.99. The molecule has 0 saturated carbocycles. The number of likely N-dealkylation sites (tertiary alicyclic amines) is 1. The van der Waals surface area contributed by atoms with Crippen molar-refractivity contribution in [1.82, 2.24) is 4.90 Å². The summed E-state index contributed by atoms with van der Waals surface area (Å²) in [5.74, 6) is 0.586. The maximum atomic E-state index is 6.37. The van der Waals surface area contributed by atoms with Crippen molar-refractivity contribution < 1.29 is 4.74 Å². The maximum absolute atomic E-state index is 6.37. The SMILES string of the molecule is CCC(O[C@@H](C)C(C)C)[C@@H]1CCCN1Cc1ccccc1. The van der Waals surface area contributed by atoms with Gasteiger partial charge in [-0.2, -0.15) is 0 Å². The highest BCUT2D eigenvalue weighted by Gasteiger charge is 2.32. The van der Waals surface area contributed by atoms with Gasteiger partial charge in [-0.1, -0.05) is 51.1 Å². The zero-order valence-corrected chi connectivity index (χ0v) is 14.1. The fourth-order valence-corrected chi connectivity index (χ4v) is 3.18. The summed E-state index contributed by atoms with van der Waals surface area (Å²) < 4.78 is 6.37. The number of rotatable bonds is 7. The summed E-state index contributed by atoms with van der Waals surface area (Å²) in [7, 11) is 0. The minimum absolute atomic E-state index is 0.342. The van der Waals surface area contributed by atoms with E-state index in [0.717, 1.165) is 13.0 Å². The molecule has 1 saturated heterocycles. The summed E-state index contributed by atoms with van der Waals surface area (Å²) >= 11 is 0. The number of ether oxygens (including phenoxy) is 1. The molecule has 0 radical (unpaired) electrons. The predicted octanol–water partition coefficient (Wildman–Crippen LogP) is 4.49. The molecule has 2 heteroatoms. The van der Waals surface area contributed by atoms with Gasteiger partial charge in [-0.3, -0.25) is 4.90 Å². The van der Waals surface area contributed by atoms with Crippen molar-refractivity contribution in [3.63, 3.8) is 0 Å². The molecule has 1 aliphatic rings. The minimum atomic E-state index is 0.342. The van der Waals surface area contributed by atoms with Crippen molar-refractivity contribution in [3.05, 3.63) is 35.9 Å². The van der Waals surface area contributed by atoms with E-state index in [1.165, 1.54) is 24.9 Å². The summed E-state index contributed by atoms with van der Waals surface area (Å²) in [6.07, 6.45) is 4.39. The summed E-state index contributed by atoms with van der Waals surface area (Å²) in [5, 5.41) is 0. The molecule has 0 spiro atoms. The van der Waals surface area contributed by atoms with Crippen LogP contribution in [-0.4, -0.2) is 29.7 Å². The molecule has 0 amide bonds. The van der Waals surface area contributed by atoms with Crippen LogP contribution in [0.5, 0.6) is 0 Å². The number of hydrogen-bond donors (Lipinski definition) is 0. The molecular weight excluding hydrogens is 258 g/mol. The van der Waals surface area contributed by atoms with Gasteiger partial charge in [-0.05, 0) is 44.2 Å². The second-order valence-corrected chi connectivity index (χ2v) is 6.70. The third-order valence-electron chi connectivity index (χ3n) is 4.80. The van der Waals surface area contributed by atoms with Gasteiger partial charge in [0.05, 0.1) is 12.2 Å². The van der Waals surface area contributed by atoms with Crippen molar-refractivity contribution in [2.45, 2.75) is 71.8 Å². The van der Waals surface area contributed by atoms with Gasteiger partial charge in [-0.15, -0.1) is 0 Å². The molecule has 2 nitrogen and oxygen atoms in total. The van der Waals surface area contributed by atoms with Gasteiger partial charge < -0.3 is 4.74 Å². The number of hydrogen-bond acceptors (Lipinski definition) is 2. The van der Waals surface area contributed by atoms with Crippen LogP contribution in [0.4, 0.5) is 0 Å². The monoisotopic (exact) mass is 289 g/mol. The van der Waals surface area contributed by atoms with Crippen LogP contribution in [0.15, 0.2) is 30.3 Å². The Morgan fingerprint density at radius 1 is 1.19 bits per heavy atom. The van der Waals surface area contributed by atoms with Crippen LogP contribution in [0.1, 0.15) is 52.5 Å². The second-order valence-electron chi connectivity index (χ2n) is 6.70. The van der Waals surface area contributed by atoms with Gasteiger partial charge in [0.2, 0.25) is 0 Å². The molecule has 118 valence electrons. The molecule has 1 aromatic carbocycles. The quantitative estimate of drug-likeness (QED) is 0.733. The second kappa shape index (κ2) is 7.95. The number of nitrogens with zero attached hydrogens (tertiary/aromatic N) is 1. The lowest BCUT2D eigenvalue weighted by Crippen LogP contribution is -2.41. The summed E-state index contributed by atoms with van der Waals surface area (Å²) in [4.78, 5) is 2.62. The molecule has 1 unspecified atom stereocenters. The van der Waals surface area contributed by atoms with Gasteiger partial charge in [0.25, 0.3) is 0 Å². The van der Waals surface area contributed by atoms with E-state index in [1.807, 2.05) is 0 Å². The Bertz CT molecular complexity index is 403. The van der Waals surface area contributed by atoms with Crippen molar-refractivity contribution in [1.29, 1.82) is 0 Å². The van der Waals surface area contributed by atoms with E-state index in [4.69, 9.17) is 4.74 Å². The molecular formula is C19H31NO. The third-order valence-corrected chi connectivity index (χ3v) is 4.80. The Labute approximate surface area is 130 Å². The molecule has 0 N–H and O–H groups in total. The normalized spacial score (nSPS) is 22.6. The molecule has 1 aliphatic heterocycles. The van der Waals surface area contributed by atoms with Crippen LogP contribution in [0.2, 0.25) is 0 Å². The lowest BCUT2D eigenvalue weighted by Gasteiger charge is -2.34. The van der Waals surface area contributed by atoms with Gasteiger partial charge in [-0.25, -0.2) is 0 Å². The fraction of sp³-hybridized carbons (Fsp3) is 0.684. The molecule has 1 heterocycles. The molecule has 0 bridgehead atoms.